The summed E-state index contributed by atoms with van der Waals surface area (Å²) in [5, 5.41) is -0.421. The molecule has 1 aromatic rings. The van der Waals surface area contributed by atoms with E-state index in [1.807, 2.05) is 0 Å². The van der Waals surface area contributed by atoms with Gasteiger partial charge < -0.3 is 5.73 Å². The maximum Gasteiger partial charge on any atom is 0.417 e. The van der Waals surface area contributed by atoms with Crippen LogP contribution in [-0.2, 0) is 16.2 Å². The summed E-state index contributed by atoms with van der Waals surface area (Å²) in [4.78, 5) is -0.865. The summed E-state index contributed by atoms with van der Waals surface area (Å²) >= 11 is 5.77. The zero-order valence-corrected chi connectivity index (χ0v) is 14.4. The van der Waals surface area contributed by atoms with Crippen molar-refractivity contribution >= 4 is 34.0 Å². The van der Waals surface area contributed by atoms with Crippen LogP contribution < -0.4 is 5.73 Å². The average molecular weight is 393 g/mol. The summed E-state index contributed by atoms with van der Waals surface area (Å²) < 4.78 is 65.5. The fourth-order valence-corrected chi connectivity index (χ4v) is 4.70. The first-order valence-electron chi connectivity index (χ1n) is 6.74. The molecule has 1 saturated heterocycles. The van der Waals surface area contributed by atoms with Gasteiger partial charge in [0.1, 0.15) is 4.90 Å². The van der Waals surface area contributed by atoms with Gasteiger partial charge in [0, 0.05) is 13.1 Å². The SMILES string of the molecule is Cl.NCC1CCN(S(=O)(=O)c2c(Cl)cccc2C(F)(F)F)CC1. The van der Waals surface area contributed by atoms with Crippen LogP contribution in [0.3, 0.4) is 0 Å². The van der Waals surface area contributed by atoms with Gasteiger partial charge >= 0.3 is 6.18 Å². The van der Waals surface area contributed by atoms with E-state index in [1.54, 1.807) is 0 Å². The summed E-state index contributed by atoms with van der Waals surface area (Å²) in [5.41, 5.74) is 4.30. The van der Waals surface area contributed by atoms with Crippen LogP contribution in [0.15, 0.2) is 23.1 Å². The Morgan fingerprint density at radius 2 is 1.83 bits per heavy atom. The summed E-state index contributed by atoms with van der Waals surface area (Å²) in [5.74, 6) is 0.194. The highest BCUT2D eigenvalue weighted by atomic mass is 35.5. The molecular weight excluding hydrogens is 376 g/mol. The lowest BCUT2D eigenvalue weighted by molar-refractivity contribution is -0.139. The van der Waals surface area contributed by atoms with Crippen molar-refractivity contribution in [2.75, 3.05) is 19.6 Å². The highest BCUT2D eigenvalue weighted by Gasteiger charge is 2.41. The van der Waals surface area contributed by atoms with E-state index in [-0.39, 0.29) is 31.4 Å². The first-order valence-corrected chi connectivity index (χ1v) is 8.55. The molecule has 0 radical (unpaired) electrons. The van der Waals surface area contributed by atoms with Gasteiger partial charge in [-0.3, -0.25) is 0 Å². The molecule has 10 heteroatoms. The van der Waals surface area contributed by atoms with Crippen molar-refractivity contribution in [2.45, 2.75) is 23.9 Å². The Balaban J connectivity index is 0.00000264. The normalized spacial score (nSPS) is 17.8. The third-order valence-corrected chi connectivity index (χ3v) is 6.20. The fourth-order valence-electron chi connectivity index (χ4n) is 2.51. The lowest BCUT2D eigenvalue weighted by atomic mass is 9.99. The maximum absolute atomic E-state index is 13.1. The topological polar surface area (TPSA) is 63.4 Å². The number of hydrogen-bond acceptors (Lipinski definition) is 3. The number of nitrogens with two attached hydrogens (primary N) is 1. The molecule has 1 aliphatic rings. The molecule has 132 valence electrons. The van der Waals surface area contributed by atoms with Crippen LogP contribution in [0.2, 0.25) is 5.02 Å². The van der Waals surface area contributed by atoms with Crippen molar-refractivity contribution in [1.82, 2.24) is 4.31 Å². The van der Waals surface area contributed by atoms with Gasteiger partial charge in [0.2, 0.25) is 10.0 Å². The van der Waals surface area contributed by atoms with Gasteiger partial charge in [-0.2, -0.15) is 17.5 Å². The number of piperidine rings is 1. The second-order valence-electron chi connectivity index (χ2n) is 5.20. The Hall–Kier alpha value is -0.540. The standard InChI is InChI=1S/C13H16ClF3N2O2S.ClH/c14-11-3-1-2-10(13(15,16)17)12(11)22(20,21)19-6-4-9(8-18)5-7-19;/h1-3,9H,4-8,18H2;1H. The van der Waals surface area contributed by atoms with Crippen LogP contribution in [0.1, 0.15) is 18.4 Å². The van der Waals surface area contributed by atoms with Crippen LogP contribution >= 0.6 is 24.0 Å². The molecule has 1 heterocycles. The van der Waals surface area contributed by atoms with E-state index in [9.17, 15) is 21.6 Å². The highest BCUT2D eigenvalue weighted by molar-refractivity contribution is 7.89. The summed E-state index contributed by atoms with van der Waals surface area (Å²) in [6, 6.07) is 2.96. The predicted octanol–water partition coefficient (Wildman–Crippen LogP) is 3.14. The third kappa shape index (κ3) is 4.30. The minimum atomic E-state index is -4.79. The maximum atomic E-state index is 13.1. The molecule has 0 aromatic heterocycles. The third-order valence-electron chi connectivity index (χ3n) is 3.78. The molecule has 2 rings (SSSR count). The lowest BCUT2D eigenvalue weighted by Gasteiger charge is -2.31. The molecule has 0 spiro atoms. The van der Waals surface area contributed by atoms with Crippen molar-refractivity contribution in [1.29, 1.82) is 0 Å². The number of hydrogen-bond donors (Lipinski definition) is 1. The molecule has 1 aromatic carbocycles. The molecule has 0 aliphatic carbocycles. The molecule has 0 bridgehead atoms. The summed E-state index contributed by atoms with van der Waals surface area (Å²) in [6.07, 6.45) is -3.73. The van der Waals surface area contributed by atoms with Crippen LogP contribution in [-0.4, -0.2) is 32.4 Å². The molecule has 0 unspecified atom stereocenters. The van der Waals surface area contributed by atoms with Crippen LogP contribution in [0.5, 0.6) is 0 Å². The summed E-state index contributed by atoms with van der Waals surface area (Å²) in [6.45, 7) is 0.729. The van der Waals surface area contributed by atoms with Crippen LogP contribution in [0.25, 0.3) is 0 Å². The zero-order valence-electron chi connectivity index (χ0n) is 12.0. The van der Waals surface area contributed by atoms with E-state index in [2.05, 4.69) is 0 Å². The van der Waals surface area contributed by atoms with E-state index in [0.29, 0.717) is 19.4 Å². The van der Waals surface area contributed by atoms with Gasteiger partial charge in [-0.1, -0.05) is 17.7 Å². The Kier molecular flexibility index (Phi) is 6.74. The lowest BCUT2D eigenvalue weighted by Crippen LogP contribution is -2.40. The first kappa shape index (κ1) is 20.5. The van der Waals surface area contributed by atoms with E-state index < -0.39 is 31.7 Å². The molecule has 23 heavy (non-hydrogen) atoms. The van der Waals surface area contributed by atoms with Crippen molar-refractivity contribution in [3.8, 4) is 0 Å². The van der Waals surface area contributed by atoms with Crippen LogP contribution in [0, 0.1) is 5.92 Å². The second-order valence-corrected chi connectivity index (χ2v) is 7.48. The Labute approximate surface area is 144 Å². The van der Waals surface area contributed by atoms with Gasteiger partial charge in [-0.25, -0.2) is 8.42 Å². The van der Waals surface area contributed by atoms with Gasteiger partial charge in [0.15, 0.2) is 0 Å². The van der Waals surface area contributed by atoms with E-state index in [1.165, 1.54) is 0 Å². The smallest absolute Gasteiger partial charge is 0.330 e. The molecule has 1 fully saturated rings. The number of halogens is 5. The molecule has 2 N–H and O–H groups in total. The Morgan fingerprint density at radius 3 is 2.30 bits per heavy atom. The molecular formula is C13H17Cl2F3N2O2S. The van der Waals surface area contributed by atoms with E-state index >= 15 is 0 Å². The first-order chi connectivity index (χ1) is 10.2. The molecule has 0 saturated carbocycles. The minimum absolute atomic E-state index is 0. The average Bonchev–Trinajstić information content (AvgIpc) is 2.46. The van der Waals surface area contributed by atoms with Crippen molar-refractivity contribution < 1.29 is 21.6 Å². The number of alkyl halides is 3. The number of nitrogens with zero attached hydrogens (tertiary/aromatic N) is 1. The van der Waals surface area contributed by atoms with Gasteiger partial charge in [0.25, 0.3) is 0 Å². The molecule has 0 atom stereocenters. The highest BCUT2D eigenvalue weighted by Crippen LogP contribution is 2.39. The van der Waals surface area contributed by atoms with Gasteiger partial charge in [0.05, 0.1) is 10.6 Å². The number of sulfonamides is 1. The second kappa shape index (κ2) is 7.57. The quantitative estimate of drug-likeness (QED) is 0.858. The molecule has 1 aliphatic heterocycles. The monoisotopic (exact) mass is 392 g/mol. The van der Waals surface area contributed by atoms with Gasteiger partial charge in [-0.05, 0) is 37.4 Å². The largest absolute Gasteiger partial charge is 0.417 e. The number of rotatable bonds is 3. The Morgan fingerprint density at radius 1 is 1.26 bits per heavy atom. The fraction of sp³-hybridized carbons (Fsp3) is 0.538. The molecule has 4 nitrogen and oxygen atoms in total. The van der Waals surface area contributed by atoms with E-state index in [0.717, 1.165) is 22.5 Å². The zero-order chi connectivity index (χ0) is 16.5. The van der Waals surface area contributed by atoms with Crippen molar-refractivity contribution in [3.05, 3.63) is 28.8 Å². The van der Waals surface area contributed by atoms with E-state index in [4.69, 9.17) is 17.3 Å². The number of benzene rings is 1. The predicted molar refractivity (Wildman–Crippen MR) is 84.2 cm³/mol. The van der Waals surface area contributed by atoms with Gasteiger partial charge in [-0.15, -0.1) is 12.4 Å². The Bertz CT molecular complexity index is 645. The van der Waals surface area contributed by atoms with Crippen molar-refractivity contribution in [2.24, 2.45) is 11.7 Å². The van der Waals surface area contributed by atoms with Crippen LogP contribution in [0.4, 0.5) is 13.2 Å². The molecule has 0 amide bonds. The summed E-state index contributed by atoms with van der Waals surface area (Å²) in [7, 11) is -4.30. The minimum Gasteiger partial charge on any atom is -0.330 e. The van der Waals surface area contributed by atoms with Crippen molar-refractivity contribution in [3.63, 3.8) is 0 Å².